The van der Waals surface area contributed by atoms with Crippen molar-refractivity contribution in [3.63, 3.8) is 0 Å². The van der Waals surface area contributed by atoms with Gasteiger partial charge in [-0.15, -0.1) is 6.58 Å². The first kappa shape index (κ1) is 36.0. The number of carbonyl (C=O) groups is 5. The predicted molar refractivity (Wildman–Crippen MR) is 188 cm³/mol. The van der Waals surface area contributed by atoms with Crippen molar-refractivity contribution in [1.29, 1.82) is 0 Å². The van der Waals surface area contributed by atoms with E-state index >= 15 is 0 Å². The van der Waals surface area contributed by atoms with Crippen LogP contribution in [0.5, 0.6) is 0 Å². The third-order valence-corrected chi connectivity index (χ3v) is 13.2. The van der Waals surface area contributed by atoms with Crippen LogP contribution in [0.2, 0.25) is 0 Å². The Hall–Kier alpha value is -4.40. The summed E-state index contributed by atoms with van der Waals surface area (Å²) in [6, 6.07) is 3.72. The quantitative estimate of drug-likeness (QED) is 0.354. The molecular formula is C37H47N5O9S. The van der Waals surface area contributed by atoms with Crippen LogP contribution in [0.15, 0.2) is 36.9 Å². The van der Waals surface area contributed by atoms with Gasteiger partial charge >= 0.3 is 12.2 Å². The maximum atomic E-state index is 14.6. The molecule has 15 heteroatoms. The highest BCUT2D eigenvalue weighted by Gasteiger charge is 2.62. The van der Waals surface area contributed by atoms with Crippen molar-refractivity contribution < 1.29 is 41.9 Å². The number of fused-ring (bicyclic) bond motifs is 3. The van der Waals surface area contributed by atoms with Crippen LogP contribution in [0.25, 0.3) is 6.08 Å². The summed E-state index contributed by atoms with van der Waals surface area (Å²) in [6.07, 6.45) is 9.70. The average Bonchev–Trinajstić information content (AvgIpc) is 4.02. The van der Waals surface area contributed by atoms with Crippen LogP contribution in [-0.4, -0.2) is 90.3 Å². The normalized spacial score (nSPS) is 29.9. The van der Waals surface area contributed by atoms with E-state index in [2.05, 4.69) is 21.9 Å². The highest BCUT2D eigenvalue weighted by Crippen LogP contribution is 2.45. The number of hydrogen-bond donors (Lipinski definition) is 3. The second-order valence-corrected chi connectivity index (χ2v) is 16.9. The molecule has 1 aromatic rings. The van der Waals surface area contributed by atoms with E-state index in [1.54, 1.807) is 4.90 Å². The van der Waals surface area contributed by atoms with Crippen LogP contribution < -0.4 is 15.4 Å². The highest BCUT2D eigenvalue weighted by molar-refractivity contribution is 7.91. The van der Waals surface area contributed by atoms with E-state index in [0.717, 1.165) is 36.0 Å². The summed E-state index contributed by atoms with van der Waals surface area (Å²) in [4.78, 5) is 71.9. The maximum Gasteiger partial charge on any atom is 0.410 e. The molecule has 5 atom stereocenters. The van der Waals surface area contributed by atoms with E-state index in [9.17, 15) is 32.4 Å². The van der Waals surface area contributed by atoms with Crippen LogP contribution in [0.4, 0.5) is 9.59 Å². The van der Waals surface area contributed by atoms with Crippen molar-refractivity contribution >= 4 is 46.0 Å². The number of carbonyl (C=O) groups excluding carboxylic acids is 5. The number of benzene rings is 1. The molecule has 0 spiro atoms. The number of nitrogens with zero attached hydrogens (tertiary/aromatic N) is 2. The van der Waals surface area contributed by atoms with Gasteiger partial charge in [0.15, 0.2) is 0 Å². The minimum atomic E-state index is -3.90. The molecule has 3 aliphatic carbocycles. The number of hydrogen-bond acceptors (Lipinski definition) is 9. The standard InChI is InChI=1S/C37H47N5O9S/c1-2-26-19-37(26,34(45)40-52(48,49)28-15-16-28)39-32(43)30-18-27-21-42(30)33(44)31(24-11-5-3-6-12-24)38-35(46)50-17-8-4-7-10-23-13-9-14-25-20-41(22-29(23)25)36(47)51-27/h2,7,9-10,13-14,24,26-28,30-31H,1,3-6,8,11-12,15-22H2,(H,38,46)(H,39,43)(H,40,45)/t26-,27-,30+,31+,37-/m1/s1. The molecule has 4 bridgehead atoms. The van der Waals surface area contributed by atoms with Gasteiger partial charge in [0.05, 0.1) is 24.9 Å². The SMILES string of the molecule is C=C[C@@H]1C[C@]1(NC(=O)[C@@H]1C[C@@H]2CN1C(=O)[C@H](C1CCCCC1)NC(=O)OCCCC=Cc1cccc3c1CN(C3)C(=O)O2)C(=O)NS(=O)(=O)C1CC1. The largest absolute Gasteiger partial charge is 0.450 e. The van der Waals surface area contributed by atoms with Gasteiger partial charge in [-0.05, 0) is 67.6 Å². The van der Waals surface area contributed by atoms with Crippen LogP contribution in [-0.2, 0) is 47.0 Å². The molecule has 6 aliphatic rings. The zero-order chi connectivity index (χ0) is 36.6. The van der Waals surface area contributed by atoms with E-state index in [1.165, 1.54) is 11.0 Å². The molecule has 14 nitrogen and oxygen atoms in total. The first-order valence-corrected chi connectivity index (χ1v) is 20.0. The van der Waals surface area contributed by atoms with Crippen LogP contribution >= 0.6 is 0 Å². The van der Waals surface area contributed by atoms with Gasteiger partial charge in [-0.3, -0.25) is 24.0 Å². The summed E-state index contributed by atoms with van der Waals surface area (Å²) in [5, 5.41) is 4.93. The predicted octanol–water partition coefficient (Wildman–Crippen LogP) is 3.26. The maximum absolute atomic E-state index is 14.6. The van der Waals surface area contributed by atoms with Gasteiger partial charge in [0.1, 0.15) is 23.7 Å². The van der Waals surface area contributed by atoms with Crippen molar-refractivity contribution in [3.8, 4) is 0 Å². The Kier molecular flexibility index (Phi) is 10.1. The molecule has 4 fully saturated rings. The fourth-order valence-electron chi connectivity index (χ4n) is 8.12. The van der Waals surface area contributed by atoms with Crippen LogP contribution in [0, 0.1) is 11.8 Å². The molecular weight excluding hydrogens is 691 g/mol. The second kappa shape index (κ2) is 14.6. The minimum absolute atomic E-state index is 0.0588. The van der Waals surface area contributed by atoms with Crippen LogP contribution in [0.1, 0.15) is 87.3 Å². The molecule has 1 aromatic carbocycles. The fraction of sp³-hybridized carbons (Fsp3) is 0.595. The Bertz CT molecular complexity index is 1770. The molecule has 3 saturated carbocycles. The van der Waals surface area contributed by atoms with E-state index in [-0.39, 0.29) is 31.9 Å². The number of amides is 5. The number of cyclic esters (lactones) is 1. The molecule has 3 N–H and O–H groups in total. The summed E-state index contributed by atoms with van der Waals surface area (Å²) >= 11 is 0. The van der Waals surface area contributed by atoms with Crippen molar-refractivity contribution in [3.05, 3.63) is 53.6 Å². The first-order chi connectivity index (χ1) is 25.0. The van der Waals surface area contributed by atoms with Crippen molar-refractivity contribution in [1.82, 2.24) is 25.2 Å². The summed E-state index contributed by atoms with van der Waals surface area (Å²) < 4.78 is 39.0. The lowest BCUT2D eigenvalue weighted by Crippen LogP contribution is -2.59. The van der Waals surface area contributed by atoms with Crippen molar-refractivity contribution in [2.75, 3.05) is 13.2 Å². The molecule has 280 valence electrons. The molecule has 5 amide bonds. The van der Waals surface area contributed by atoms with E-state index in [0.29, 0.717) is 51.6 Å². The molecule has 3 aliphatic heterocycles. The lowest BCUT2D eigenvalue weighted by molar-refractivity contribution is -0.142. The van der Waals surface area contributed by atoms with Gasteiger partial charge in [-0.25, -0.2) is 18.0 Å². The second-order valence-electron chi connectivity index (χ2n) is 15.0. The first-order valence-electron chi connectivity index (χ1n) is 18.5. The Labute approximate surface area is 303 Å². The Morgan fingerprint density at radius 1 is 1.04 bits per heavy atom. The number of sulfonamides is 1. The Morgan fingerprint density at radius 3 is 2.56 bits per heavy atom. The fourth-order valence-corrected chi connectivity index (χ4v) is 9.48. The monoisotopic (exact) mass is 737 g/mol. The topological polar surface area (TPSA) is 181 Å². The Morgan fingerprint density at radius 2 is 1.83 bits per heavy atom. The third kappa shape index (κ3) is 7.42. The molecule has 0 radical (unpaired) electrons. The zero-order valence-electron chi connectivity index (χ0n) is 29.2. The van der Waals surface area contributed by atoms with Gasteiger partial charge in [0.2, 0.25) is 21.8 Å². The van der Waals surface area contributed by atoms with Gasteiger partial charge in [0.25, 0.3) is 5.91 Å². The summed E-state index contributed by atoms with van der Waals surface area (Å²) in [5.41, 5.74) is 1.43. The van der Waals surface area contributed by atoms with Crippen LogP contribution in [0.3, 0.4) is 0 Å². The number of nitrogens with one attached hydrogen (secondary N) is 3. The van der Waals surface area contributed by atoms with Gasteiger partial charge < -0.3 is 25.0 Å². The lowest BCUT2D eigenvalue weighted by atomic mass is 9.83. The lowest BCUT2D eigenvalue weighted by Gasteiger charge is -2.34. The molecule has 3 heterocycles. The number of alkyl carbamates (subject to hydrolysis) is 1. The summed E-state index contributed by atoms with van der Waals surface area (Å²) in [5.74, 6) is -2.78. The summed E-state index contributed by atoms with van der Waals surface area (Å²) in [6.45, 7) is 4.48. The molecule has 0 unspecified atom stereocenters. The number of ether oxygens (including phenoxy) is 2. The third-order valence-electron chi connectivity index (χ3n) is 11.3. The molecule has 0 aromatic heterocycles. The van der Waals surface area contributed by atoms with Gasteiger partial charge in [-0.1, -0.05) is 55.7 Å². The minimum Gasteiger partial charge on any atom is -0.450 e. The molecule has 52 heavy (non-hydrogen) atoms. The number of allylic oxidation sites excluding steroid dienone is 1. The zero-order valence-corrected chi connectivity index (χ0v) is 30.0. The van der Waals surface area contributed by atoms with E-state index in [1.807, 2.05) is 30.4 Å². The van der Waals surface area contributed by atoms with Crippen molar-refractivity contribution in [2.45, 2.75) is 113 Å². The summed E-state index contributed by atoms with van der Waals surface area (Å²) in [7, 11) is -3.90. The number of rotatable bonds is 7. The van der Waals surface area contributed by atoms with E-state index in [4.69, 9.17) is 9.47 Å². The molecule has 7 rings (SSSR count). The van der Waals surface area contributed by atoms with Gasteiger partial charge in [-0.2, -0.15) is 0 Å². The Balaban J connectivity index is 1.16. The van der Waals surface area contributed by atoms with E-state index < -0.39 is 74.8 Å². The van der Waals surface area contributed by atoms with Crippen molar-refractivity contribution in [2.24, 2.45) is 11.8 Å². The smallest absolute Gasteiger partial charge is 0.410 e. The highest BCUT2D eigenvalue weighted by atomic mass is 32.2. The molecule has 1 saturated heterocycles. The van der Waals surface area contributed by atoms with Gasteiger partial charge in [0, 0.05) is 18.9 Å². The average molecular weight is 738 g/mol.